The van der Waals surface area contributed by atoms with Crippen molar-refractivity contribution in [2.24, 2.45) is 5.92 Å². The molecule has 0 spiro atoms. The lowest BCUT2D eigenvalue weighted by molar-refractivity contribution is -0.126. The Kier molecular flexibility index (Phi) is 5.43. The summed E-state index contributed by atoms with van der Waals surface area (Å²) in [6.45, 7) is 2.81. The average Bonchev–Trinajstić information content (AvgIpc) is 3.02. The van der Waals surface area contributed by atoms with Crippen LogP contribution < -0.4 is 5.32 Å². The Morgan fingerprint density at radius 1 is 1.14 bits per heavy atom. The van der Waals surface area contributed by atoms with Crippen molar-refractivity contribution in [3.05, 3.63) is 30.1 Å². The van der Waals surface area contributed by atoms with Gasteiger partial charge in [0, 0.05) is 25.3 Å². The molecule has 1 saturated carbocycles. The quantitative estimate of drug-likeness (QED) is 0.913. The van der Waals surface area contributed by atoms with E-state index in [1.165, 1.54) is 25.7 Å². The molecule has 0 radical (unpaired) electrons. The van der Waals surface area contributed by atoms with E-state index < -0.39 is 0 Å². The number of hydrogen-bond donors (Lipinski definition) is 1. The lowest BCUT2D eigenvalue weighted by atomic mass is 10.0. The first-order valence-electron chi connectivity index (χ1n) is 8.76. The predicted molar refractivity (Wildman–Crippen MR) is 87.3 cm³/mol. The van der Waals surface area contributed by atoms with E-state index >= 15 is 0 Å². The molecule has 2 atom stereocenters. The van der Waals surface area contributed by atoms with Crippen LogP contribution in [-0.2, 0) is 11.3 Å². The maximum Gasteiger partial charge on any atom is 0.224 e. The second kappa shape index (κ2) is 7.73. The van der Waals surface area contributed by atoms with Crippen molar-refractivity contribution in [3.63, 3.8) is 0 Å². The summed E-state index contributed by atoms with van der Waals surface area (Å²) in [4.78, 5) is 19.5. The highest BCUT2D eigenvalue weighted by molar-refractivity contribution is 5.79. The van der Waals surface area contributed by atoms with Crippen LogP contribution in [0.15, 0.2) is 24.4 Å². The minimum atomic E-state index is 0.168. The summed E-state index contributed by atoms with van der Waals surface area (Å²) in [5.41, 5.74) is 1.11. The molecule has 22 heavy (non-hydrogen) atoms. The normalized spacial score (nSPS) is 27.7. The number of hydrogen-bond acceptors (Lipinski definition) is 3. The van der Waals surface area contributed by atoms with Crippen LogP contribution >= 0.6 is 0 Å². The van der Waals surface area contributed by atoms with Crippen molar-refractivity contribution in [2.75, 3.05) is 13.1 Å². The maximum absolute atomic E-state index is 12.5. The molecule has 1 aliphatic carbocycles. The molecule has 1 amide bonds. The van der Waals surface area contributed by atoms with Gasteiger partial charge in [0.1, 0.15) is 0 Å². The van der Waals surface area contributed by atoms with Gasteiger partial charge < -0.3 is 5.32 Å². The van der Waals surface area contributed by atoms with Crippen LogP contribution in [0, 0.1) is 5.92 Å². The van der Waals surface area contributed by atoms with Crippen molar-refractivity contribution in [3.8, 4) is 0 Å². The summed E-state index contributed by atoms with van der Waals surface area (Å²) in [7, 11) is 0. The first-order valence-corrected chi connectivity index (χ1v) is 8.76. The van der Waals surface area contributed by atoms with E-state index in [0.29, 0.717) is 6.04 Å². The Morgan fingerprint density at radius 2 is 2.05 bits per heavy atom. The third kappa shape index (κ3) is 3.86. The number of nitrogens with zero attached hydrogens (tertiary/aromatic N) is 2. The van der Waals surface area contributed by atoms with Gasteiger partial charge in [0.05, 0.1) is 11.6 Å². The van der Waals surface area contributed by atoms with E-state index in [4.69, 9.17) is 0 Å². The number of pyridine rings is 1. The smallest absolute Gasteiger partial charge is 0.224 e. The minimum absolute atomic E-state index is 0.168. The highest BCUT2D eigenvalue weighted by atomic mass is 16.1. The molecule has 2 aliphatic rings. The van der Waals surface area contributed by atoms with Crippen LogP contribution in [-0.4, -0.2) is 34.9 Å². The zero-order valence-electron chi connectivity index (χ0n) is 13.3. The SMILES string of the molecule is O=C1NCCCCCCN(Cc2ccccn2)C2CCCC12. The molecule has 4 nitrogen and oxygen atoms in total. The summed E-state index contributed by atoms with van der Waals surface area (Å²) in [6.07, 6.45) is 10.0. The fourth-order valence-electron chi connectivity index (χ4n) is 3.88. The van der Waals surface area contributed by atoms with E-state index in [1.807, 2.05) is 18.3 Å². The van der Waals surface area contributed by atoms with E-state index in [9.17, 15) is 4.79 Å². The van der Waals surface area contributed by atoms with E-state index in [1.54, 1.807) is 0 Å². The van der Waals surface area contributed by atoms with Crippen LogP contribution in [0.25, 0.3) is 0 Å². The molecule has 0 bridgehead atoms. The number of aromatic nitrogens is 1. The fourth-order valence-corrected chi connectivity index (χ4v) is 3.88. The van der Waals surface area contributed by atoms with Gasteiger partial charge in [-0.3, -0.25) is 14.7 Å². The van der Waals surface area contributed by atoms with Crippen LogP contribution in [0.4, 0.5) is 0 Å². The minimum Gasteiger partial charge on any atom is -0.356 e. The number of carbonyl (C=O) groups is 1. The van der Waals surface area contributed by atoms with E-state index in [2.05, 4.69) is 21.3 Å². The fraction of sp³-hybridized carbons (Fsp3) is 0.667. The van der Waals surface area contributed by atoms with Crippen molar-refractivity contribution in [1.82, 2.24) is 15.2 Å². The van der Waals surface area contributed by atoms with Gasteiger partial charge in [-0.2, -0.15) is 0 Å². The molecule has 2 heterocycles. The Balaban J connectivity index is 1.75. The average molecular weight is 301 g/mol. The first-order chi connectivity index (χ1) is 10.8. The van der Waals surface area contributed by atoms with Crippen molar-refractivity contribution in [2.45, 2.75) is 57.5 Å². The Labute approximate surface area is 133 Å². The molecule has 2 fully saturated rings. The molecule has 1 N–H and O–H groups in total. The van der Waals surface area contributed by atoms with Gasteiger partial charge in [-0.15, -0.1) is 0 Å². The lowest BCUT2D eigenvalue weighted by Crippen LogP contribution is -2.44. The van der Waals surface area contributed by atoms with Gasteiger partial charge in [-0.1, -0.05) is 25.3 Å². The Bertz CT molecular complexity index is 476. The number of rotatable bonds is 2. The molecule has 4 heteroatoms. The van der Waals surface area contributed by atoms with Crippen LogP contribution in [0.5, 0.6) is 0 Å². The third-order valence-corrected chi connectivity index (χ3v) is 5.05. The second-order valence-electron chi connectivity index (χ2n) is 6.60. The van der Waals surface area contributed by atoms with Gasteiger partial charge in [0.2, 0.25) is 5.91 Å². The van der Waals surface area contributed by atoms with Gasteiger partial charge in [-0.05, 0) is 44.4 Å². The number of fused-ring (bicyclic) bond motifs is 1. The Hall–Kier alpha value is -1.42. The molecule has 1 aromatic rings. The van der Waals surface area contributed by atoms with Crippen LogP contribution in [0.2, 0.25) is 0 Å². The predicted octanol–water partition coefficient (Wildman–Crippen LogP) is 2.74. The molecule has 1 aromatic heterocycles. The first kappa shape index (κ1) is 15.5. The zero-order valence-corrected chi connectivity index (χ0v) is 13.3. The molecule has 2 unspecified atom stereocenters. The summed E-state index contributed by atoms with van der Waals surface area (Å²) < 4.78 is 0. The van der Waals surface area contributed by atoms with E-state index in [-0.39, 0.29) is 11.8 Å². The van der Waals surface area contributed by atoms with Gasteiger partial charge in [0.25, 0.3) is 0 Å². The zero-order chi connectivity index (χ0) is 15.2. The van der Waals surface area contributed by atoms with E-state index in [0.717, 1.165) is 44.6 Å². The van der Waals surface area contributed by atoms with Crippen molar-refractivity contribution < 1.29 is 4.79 Å². The molecule has 1 saturated heterocycles. The summed E-state index contributed by atoms with van der Waals surface area (Å²) in [5.74, 6) is 0.442. The monoisotopic (exact) mass is 301 g/mol. The van der Waals surface area contributed by atoms with Crippen molar-refractivity contribution >= 4 is 5.91 Å². The molecule has 120 valence electrons. The van der Waals surface area contributed by atoms with Crippen LogP contribution in [0.3, 0.4) is 0 Å². The van der Waals surface area contributed by atoms with Gasteiger partial charge in [-0.25, -0.2) is 0 Å². The topological polar surface area (TPSA) is 45.2 Å². The standard InChI is InChI=1S/C18H27N3O/c22-18-16-9-7-10-17(16)21(13-6-2-1-4-12-20-18)14-15-8-3-5-11-19-15/h3,5,8,11,16-17H,1-2,4,6-7,9-10,12-14H2,(H,20,22). The Morgan fingerprint density at radius 3 is 2.91 bits per heavy atom. The van der Waals surface area contributed by atoms with Gasteiger partial charge >= 0.3 is 0 Å². The number of carbonyl (C=O) groups excluding carboxylic acids is 1. The van der Waals surface area contributed by atoms with Crippen LogP contribution in [0.1, 0.15) is 50.6 Å². The second-order valence-corrected chi connectivity index (χ2v) is 6.60. The highest BCUT2D eigenvalue weighted by Crippen LogP contribution is 2.31. The molecular weight excluding hydrogens is 274 g/mol. The largest absolute Gasteiger partial charge is 0.356 e. The van der Waals surface area contributed by atoms with Gasteiger partial charge in [0.15, 0.2) is 0 Å². The summed E-state index contributed by atoms with van der Waals surface area (Å²) >= 11 is 0. The summed E-state index contributed by atoms with van der Waals surface area (Å²) in [6, 6.07) is 6.49. The molecule has 3 rings (SSSR count). The lowest BCUT2D eigenvalue weighted by Gasteiger charge is -2.32. The summed E-state index contributed by atoms with van der Waals surface area (Å²) in [5, 5.41) is 3.15. The third-order valence-electron chi connectivity index (χ3n) is 5.05. The highest BCUT2D eigenvalue weighted by Gasteiger charge is 2.36. The molecular formula is C18H27N3O. The number of amides is 1. The molecule has 1 aliphatic heterocycles. The van der Waals surface area contributed by atoms with Crippen molar-refractivity contribution in [1.29, 1.82) is 0 Å². The maximum atomic E-state index is 12.5. The molecule has 0 aromatic carbocycles. The number of nitrogens with one attached hydrogen (secondary N) is 1.